The van der Waals surface area contributed by atoms with Gasteiger partial charge in [0.05, 0.1) is 11.4 Å². The van der Waals surface area contributed by atoms with Crippen LogP contribution in [-0.4, -0.2) is 59.9 Å². The Morgan fingerprint density at radius 3 is 2.72 bits per heavy atom. The quantitative estimate of drug-likeness (QED) is 0.265. The fourth-order valence-electron chi connectivity index (χ4n) is 3.80. The number of methoxy groups -OCH3 is 1. The first-order valence-electron chi connectivity index (χ1n) is 11.4. The van der Waals surface area contributed by atoms with E-state index in [1.807, 2.05) is 59.3 Å². The van der Waals surface area contributed by atoms with Crippen LogP contribution < -0.4 is 10.1 Å². The molecule has 0 spiro atoms. The molecule has 1 aliphatic rings. The summed E-state index contributed by atoms with van der Waals surface area (Å²) in [7, 11) is 1.63. The highest BCUT2D eigenvalue weighted by Gasteiger charge is 2.35. The van der Waals surface area contributed by atoms with Crippen molar-refractivity contribution in [3.8, 4) is 5.75 Å². The molecule has 0 radical (unpaired) electrons. The first-order valence-corrected chi connectivity index (χ1v) is 13.0. The van der Waals surface area contributed by atoms with Crippen molar-refractivity contribution in [2.45, 2.75) is 13.0 Å². The molecule has 3 aromatic rings. The molecule has 10 heteroatoms. The molecule has 2 heterocycles. The molecule has 2 aromatic carbocycles. The average molecular weight is 572 g/mol. The van der Waals surface area contributed by atoms with Crippen molar-refractivity contribution < 1.29 is 23.9 Å². The molecule has 3 amide bonds. The van der Waals surface area contributed by atoms with Gasteiger partial charge in [0, 0.05) is 47.4 Å². The fraction of sp³-hybridized carbons (Fsp3) is 0.269. The number of carbonyl (C=O) groups excluding carboxylic acids is 3. The lowest BCUT2D eigenvalue weighted by atomic mass is 10.1. The van der Waals surface area contributed by atoms with Crippen LogP contribution in [0.15, 0.2) is 64.1 Å². The molecule has 0 aliphatic carbocycles. The molecule has 1 saturated heterocycles. The van der Waals surface area contributed by atoms with Gasteiger partial charge in [0.25, 0.3) is 11.1 Å². The average Bonchev–Trinajstić information content (AvgIpc) is 3.33. The van der Waals surface area contributed by atoms with E-state index in [0.29, 0.717) is 23.8 Å². The number of rotatable bonds is 11. The van der Waals surface area contributed by atoms with Crippen LogP contribution in [0.5, 0.6) is 5.75 Å². The monoisotopic (exact) mass is 571 g/mol. The van der Waals surface area contributed by atoms with Crippen LogP contribution in [0.2, 0.25) is 0 Å². The van der Waals surface area contributed by atoms with Crippen molar-refractivity contribution in [2.24, 2.45) is 0 Å². The standard InChI is InChI=1S/C26H26BrN3O5S/c1-34-12-5-10-28-24(31)17-29-16-18(21-15-19(27)8-9-22(21)29)14-23-25(32)30(26(33)36-23)11-13-35-20-6-3-2-4-7-20/h2-4,6-9,14-16H,5,10-13,17H2,1H3,(H,28,31)/b23-14-. The van der Waals surface area contributed by atoms with Crippen LogP contribution in [0.4, 0.5) is 4.79 Å². The van der Waals surface area contributed by atoms with Crippen LogP contribution in [0, 0.1) is 0 Å². The molecule has 0 unspecified atom stereocenters. The smallest absolute Gasteiger partial charge is 0.293 e. The topological polar surface area (TPSA) is 89.9 Å². The van der Waals surface area contributed by atoms with Crippen molar-refractivity contribution in [2.75, 3.05) is 33.4 Å². The number of carbonyl (C=O) groups is 3. The maximum absolute atomic E-state index is 13.0. The van der Waals surface area contributed by atoms with Gasteiger partial charge in [-0.1, -0.05) is 34.1 Å². The number of hydrogen-bond acceptors (Lipinski definition) is 6. The predicted molar refractivity (Wildman–Crippen MR) is 144 cm³/mol. The van der Waals surface area contributed by atoms with Gasteiger partial charge in [-0.3, -0.25) is 19.3 Å². The molecule has 8 nitrogen and oxygen atoms in total. The second-order valence-electron chi connectivity index (χ2n) is 8.06. The highest BCUT2D eigenvalue weighted by Crippen LogP contribution is 2.34. The highest BCUT2D eigenvalue weighted by atomic mass is 79.9. The van der Waals surface area contributed by atoms with Gasteiger partial charge in [0.1, 0.15) is 18.9 Å². The molecular formula is C26H26BrN3O5S. The lowest BCUT2D eigenvalue weighted by Crippen LogP contribution is -2.32. The summed E-state index contributed by atoms with van der Waals surface area (Å²) < 4.78 is 13.4. The van der Waals surface area contributed by atoms with E-state index in [1.165, 1.54) is 4.90 Å². The highest BCUT2D eigenvalue weighted by molar-refractivity contribution is 9.10. The molecule has 1 aliphatic heterocycles. The fourth-order valence-corrected chi connectivity index (χ4v) is 5.02. The first-order chi connectivity index (χ1) is 17.5. The molecule has 188 valence electrons. The Balaban J connectivity index is 1.49. The number of hydrogen-bond donors (Lipinski definition) is 1. The minimum Gasteiger partial charge on any atom is -0.492 e. The van der Waals surface area contributed by atoms with Gasteiger partial charge in [-0.15, -0.1) is 0 Å². The Kier molecular flexibility index (Phi) is 8.84. The van der Waals surface area contributed by atoms with E-state index in [1.54, 1.807) is 13.2 Å². The third-order valence-electron chi connectivity index (χ3n) is 5.52. The third-order valence-corrected chi connectivity index (χ3v) is 6.92. The number of ether oxygens (including phenoxy) is 2. The molecule has 0 bridgehead atoms. The van der Waals surface area contributed by atoms with Crippen molar-refractivity contribution in [1.29, 1.82) is 0 Å². The van der Waals surface area contributed by atoms with Crippen molar-refractivity contribution in [3.05, 3.63) is 69.7 Å². The number of nitrogens with zero attached hydrogens (tertiary/aromatic N) is 2. The Bertz CT molecular complexity index is 1290. The molecule has 1 N–H and O–H groups in total. The first kappa shape index (κ1) is 26.0. The van der Waals surface area contributed by atoms with Gasteiger partial charge in [-0.2, -0.15) is 0 Å². The van der Waals surface area contributed by atoms with Crippen molar-refractivity contribution in [1.82, 2.24) is 14.8 Å². The normalized spacial score (nSPS) is 14.7. The minimum absolute atomic E-state index is 0.115. The second kappa shape index (κ2) is 12.2. The summed E-state index contributed by atoms with van der Waals surface area (Å²) >= 11 is 4.40. The van der Waals surface area contributed by atoms with E-state index >= 15 is 0 Å². The van der Waals surface area contributed by atoms with Gasteiger partial charge < -0.3 is 19.4 Å². The summed E-state index contributed by atoms with van der Waals surface area (Å²) in [6.07, 6.45) is 4.28. The summed E-state index contributed by atoms with van der Waals surface area (Å²) in [6, 6.07) is 15.0. The van der Waals surface area contributed by atoms with Crippen LogP contribution in [0.25, 0.3) is 17.0 Å². The predicted octanol–water partition coefficient (Wildman–Crippen LogP) is 4.67. The summed E-state index contributed by atoms with van der Waals surface area (Å²) in [5, 5.41) is 3.43. The second-order valence-corrected chi connectivity index (χ2v) is 9.97. The lowest BCUT2D eigenvalue weighted by Gasteiger charge is -2.13. The zero-order valence-electron chi connectivity index (χ0n) is 19.7. The van der Waals surface area contributed by atoms with E-state index in [4.69, 9.17) is 9.47 Å². The minimum atomic E-state index is -0.353. The van der Waals surface area contributed by atoms with Gasteiger partial charge in [0.15, 0.2) is 0 Å². The summed E-state index contributed by atoms with van der Waals surface area (Å²) in [5.74, 6) is 0.214. The Morgan fingerprint density at radius 2 is 1.94 bits per heavy atom. The molecule has 1 fully saturated rings. The van der Waals surface area contributed by atoms with E-state index in [-0.39, 0.29) is 36.7 Å². The Morgan fingerprint density at radius 1 is 1.14 bits per heavy atom. The molecular weight excluding hydrogens is 546 g/mol. The molecule has 0 atom stereocenters. The molecule has 4 rings (SSSR count). The zero-order chi connectivity index (χ0) is 25.5. The van der Waals surface area contributed by atoms with Gasteiger partial charge >= 0.3 is 0 Å². The summed E-state index contributed by atoms with van der Waals surface area (Å²) in [4.78, 5) is 39.5. The number of amides is 3. The number of imide groups is 1. The van der Waals surface area contributed by atoms with Gasteiger partial charge in [-0.05, 0) is 54.6 Å². The number of nitrogens with one attached hydrogen (secondary N) is 1. The zero-order valence-corrected chi connectivity index (χ0v) is 22.1. The van der Waals surface area contributed by atoms with Crippen LogP contribution in [0.1, 0.15) is 12.0 Å². The van der Waals surface area contributed by atoms with Crippen molar-refractivity contribution >= 4 is 61.7 Å². The van der Waals surface area contributed by atoms with Crippen LogP contribution >= 0.6 is 27.7 Å². The lowest BCUT2D eigenvalue weighted by molar-refractivity contribution is -0.123. The number of para-hydroxylation sites is 1. The number of benzene rings is 2. The third kappa shape index (κ3) is 6.37. The van der Waals surface area contributed by atoms with Crippen molar-refractivity contribution in [3.63, 3.8) is 0 Å². The Hall–Kier alpha value is -3.08. The number of halogens is 1. The largest absolute Gasteiger partial charge is 0.492 e. The van der Waals surface area contributed by atoms with Gasteiger partial charge in [-0.25, -0.2) is 0 Å². The van der Waals surface area contributed by atoms with Crippen LogP contribution in [-0.2, 0) is 20.9 Å². The summed E-state index contributed by atoms with van der Waals surface area (Å²) in [6.45, 7) is 1.62. The van der Waals surface area contributed by atoms with E-state index in [2.05, 4.69) is 21.2 Å². The maximum atomic E-state index is 13.0. The number of aromatic nitrogens is 1. The summed E-state index contributed by atoms with van der Waals surface area (Å²) in [5.41, 5.74) is 1.61. The molecule has 1 aromatic heterocycles. The van der Waals surface area contributed by atoms with E-state index in [0.717, 1.165) is 39.1 Å². The Labute approximate surface area is 221 Å². The van der Waals surface area contributed by atoms with E-state index < -0.39 is 0 Å². The molecule has 36 heavy (non-hydrogen) atoms. The molecule has 0 saturated carbocycles. The van der Waals surface area contributed by atoms with E-state index in [9.17, 15) is 14.4 Å². The SMILES string of the molecule is COCCCNC(=O)Cn1cc(/C=C2\SC(=O)N(CCOc3ccccc3)C2=O)c2cc(Br)ccc21. The van der Waals surface area contributed by atoms with Crippen LogP contribution in [0.3, 0.4) is 0 Å². The number of thioether (sulfide) groups is 1. The maximum Gasteiger partial charge on any atom is 0.293 e. The number of fused-ring (bicyclic) bond motifs is 1. The van der Waals surface area contributed by atoms with Gasteiger partial charge in [0.2, 0.25) is 5.91 Å².